The minimum atomic E-state index is 0.0904. The fourth-order valence-electron chi connectivity index (χ4n) is 1.72. The van der Waals surface area contributed by atoms with Gasteiger partial charge in [0.15, 0.2) is 0 Å². The van der Waals surface area contributed by atoms with Gasteiger partial charge in [-0.15, -0.1) is 0 Å². The van der Waals surface area contributed by atoms with Crippen molar-refractivity contribution in [2.24, 2.45) is 0 Å². The van der Waals surface area contributed by atoms with E-state index in [0.717, 1.165) is 17.1 Å². The number of nitriles is 1. The van der Waals surface area contributed by atoms with Gasteiger partial charge in [-0.2, -0.15) is 5.26 Å². The minimum absolute atomic E-state index is 0.0904. The van der Waals surface area contributed by atoms with E-state index in [2.05, 4.69) is 21.4 Å². The molecule has 2 rings (SSSR count). The van der Waals surface area contributed by atoms with Crippen LogP contribution < -0.4 is 5.32 Å². The van der Waals surface area contributed by atoms with E-state index in [1.807, 2.05) is 38.1 Å². The van der Waals surface area contributed by atoms with Crippen LogP contribution in [0.3, 0.4) is 0 Å². The number of hydrogen-bond donors (Lipinski definition) is 1. The molecule has 0 amide bonds. The second-order valence-corrected chi connectivity index (χ2v) is 4.15. The summed E-state index contributed by atoms with van der Waals surface area (Å²) < 4.78 is 0. The fraction of sp³-hybridized carbons (Fsp3) is 0.214. The molecule has 4 heteroatoms. The molecule has 4 nitrogen and oxygen atoms in total. The third-order valence-corrected chi connectivity index (χ3v) is 2.68. The Labute approximate surface area is 106 Å². The molecule has 1 aromatic carbocycles. The zero-order chi connectivity index (χ0) is 13.0. The first-order chi connectivity index (χ1) is 8.69. The van der Waals surface area contributed by atoms with E-state index in [0.29, 0.717) is 5.56 Å². The standard InChI is InChI=1S/C14H14N4/c1-10-6-14(17-9-16-10)18-11(2)13-5-3-4-12(7-13)8-15/h3-7,9,11H,1-2H3,(H,16,17,18). The van der Waals surface area contributed by atoms with Gasteiger partial charge in [-0.3, -0.25) is 0 Å². The van der Waals surface area contributed by atoms with Gasteiger partial charge < -0.3 is 5.32 Å². The van der Waals surface area contributed by atoms with Crippen molar-refractivity contribution in [1.29, 1.82) is 5.26 Å². The van der Waals surface area contributed by atoms with Crippen molar-refractivity contribution in [3.63, 3.8) is 0 Å². The van der Waals surface area contributed by atoms with Crippen LogP contribution in [0.5, 0.6) is 0 Å². The maximum atomic E-state index is 8.88. The summed E-state index contributed by atoms with van der Waals surface area (Å²) in [6.07, 6.45) is 1.54. The zero-order valence-corrected chi connectivity index (χ0v) is 10.4. The molecule has 90 valence electrons. The molecule has 2 aromatic rings. The maximum absolute atomic E-state index is 8.88. The molecule has 0 fully saturated rings. The summed E-state index contributed by atoms with van der Waals surface area (Å²) in [4.78, 5) is 8.21. The lowest BCUT2D eigenvalue weighted by atomic mass is 10.1. The van der Waals surface area contributed by atoms with Crippen molar-refractivity contribution in [3.8, 4) is 6.07 Å². The first-order valence-corrected chi connectivity index (χ1v) is 5.74. The Kier molecular flexibility index (Phi) is 3.54. The van der Waals surface area contributed by atoms with Crippen LogP contribution in [0.1, 0.15) is 29.8 Å². The SMILES string of the molecule is Cc1cc(NC(C)c2cccc(C#N)c2)ncn1. The van der Waals surface area contributed by atoms with Gasteiger partial charge in [0.05, 0.1) is 11.6 Å². The molecule has 0 aliphatic carbocycles. The number of benzene rings is 1. The number of aromatic nitrogens is 2. The molecule has 1 atom stereocenters. The molecule has 1 N–H and O–H groups in total. The van der Waals surface area contributed by atoms with E-state index in [9.17, 15) is 0 Å². The van der Waals surface area contributed by atoms with Crippen molar-refractivity contribution in [3.05, 3.63) is 53.5 Å². The molecule has 1 heterocycles. The first kappa shape index (κ1) is 12.1. The lowest BCUT2D eigenvalue weighted by Crippen LogP contribution is -2.08. The molecule has 0 radical (unpaired) electrons. The molecule has 18 heavy (non-hydrogen) atoms. The van der Waals surface area contributed by atoms with Crippen LogP contribution in [-0.4, -0.2) is 9.97 Å². The smallest absolute Gasteiger partial charge is 0.130 e. The van der Waals surface area contributed by atoms with Gasteiger partial charge in [0.1, 0.15) is 12.1 Å². The Morgan fingerprint density at radius 1 is 1.28 bits per heavy atom. The Hall–Kier alpha value is -2.41. The van der Waals surface area contributed by atoms with Crippen LogP contribution in [0.2, 0.25) is 0 Å². The van der Waals surface area contributed by atoms with E-state index in [-0.39, 0.29) is 6.04 Å². The minimum Gasteiger partial charge on any atom is -0.363 e. The van der Waals surface area contributed by atoms with Crippen LogP contribution in [0.15, 0.2) is 36.7 Å². The second kappa shape index (κ2) is 5.28. The molecule has 0 saturated heterocycles. The van der Waals surface area contributed by atoms with Crippen LogP contribution in [0, 0.1) is 18.3 Å². The largest absolute Gasteiger partial charge is 0.363 e. The van der Waals surface area contributed by atoms with E-state index < -0.39 is 0 Å². The molecule has 1 unspecified atom stereocenters. The molecule has 0 aliphatic heterocycles. The summed E-state index contributed by atoms with van der Waals surface area (Å²) in [5.41, 5.74) is 2.65. The Morgan fingerprint density at radius 3 is 2.83 bits per heavy atom. The summed E-state index contributed by atoms with van der Waals surface area (Å²) in [7, 11) is 0. The van der Waals surface area contributed by atoms with Gasteiger partial charge in [0.2, 0.25) is 0 Å². The van der Waals surface area contributed by atoms with Crippen molar-refractivity contribution in [2.75, 3.05) is 5.32 Å². The number of anilines is 1. The number of hydrogen-bond acceptors (Lipinski definition) is 4. The third-order valence-electron chi connectivity index (χ3n) is 2.68. The first-order valence-electron chi connectivity index (χ1n) is 5.74. The van der Waals surface area contributed by atoms with E-state index in [4.69, 9.17) is 5.26 Å². The van der Waals surface area contributed by atoms with Crippen LogP contribution in [0.4, 0.5) is 5.82 Å². The molecule has 1 aromatic heterocycles. The van der Waals surface area contributed by atoms with Gasteiger partial charge in [0, 0.05) is 17.8 Å². The molecule has 0 bridgehead atoms. The number of aryl methyl sites for hydroxylation is 1. The van der Waals surface area contributed by atoms with Gasteiger partial charge in [-0.05, 0) is 31.5 Å². The van der Waals surface area contributed by atoms with E-state index >= 15 is 0 Å². The van der Waals surface area contributed by atoms with Gasteiger partial charge in [-0.25, -0.2) is 9.97 Å². The normalized spacial score (nSPS) is 11.6. The highest BCUT2D eigenvalue weighted by Crippen LogP contribution is 2.18. The van der Waals surface area contributed by atoms with Crippen molar-refractivity contribution >= 4 is 5.82 Å². The molecular weight excluding hydrogens is 224 g/mol. The quantitative estimate of drug-likeness (QED) is 0.893. The predicted molar refractivity (Wildman–Crippen MR) is 70.0 cm³/mol. The lowest BCUT2D eigenvalue weighted by molar-refractivity contribution is 0.869. The molecular formula is C14H14N4. The highest BCUT2D eigenvalue weighted by atomic mass is 15.0. The third kappa shape index (κ3) is 2.83. The monoisotopic (exact) mass is 238 g/mol. The van der Waals surface area contributed by atoms with Crippen LogP contribution >= 0.6 is 0 Å². The number of nitrogens with zero attached hydrogens (tertiary/aromatic N) is 3. The van der Waals surface area contributed by atoms with E-state index in [1.165, 1.54) is 6.33 Å². The average Bonchev–Trinajstić information content (AvgIpc) is 2.39. The number of nitrogens with one attached hydrogen (secondary N) is 1. The summed E-state index contributed by atoms with van der Waals surface area (Å²) in [6.45, 7) is 3.96. The number of rotatable bonds is 3. The Morgan fingerprint density at radius 2 is 2.11 bits per heavy atom. The lowest BCUT2D eigenvalue weighted by Gasteiger charge is -2.15. The summed E-state index contributed by atoms with van der Waals surface area (Å²) in [5, 5.41) is 12.2. The topological polar surface area (TPSA) is 61.6 Å². The average molecular weight is 238 g/mol. The molecule has 0 aliphatic rings. The predicted octanol–water partition coefficient (Wildman–Crippen LogP) is 2.83. The summed E-state index contributed by atoms with van der Waals surface area (Å²) in [5.74, 6) is 0.789. The summed E-state index contributed by atoms with van der Waals surface area (Å²) >= 11 is 0. The fourth-order valence-corrected chi connectivity index (χ4v) is 1.72. The van der Waals surface area contributed by atoms with E-state index in [1.54, 1.807) is 6.07 Å². The summed E-state index contributed by atoms with van der Waals surface area (Å²) in [6, 6.07) is 11.7. The van der Waals surface area contributed by atoms with Gasteiger partial charge >= 0.3 is 0 Å². The van der Waals surface area contributed by atoms with Gasteiger partial charge in [0.25, 0.3) is 0 Å². The van der Waals surface area contributed by atoms with Gasteiger partial charge in [-0.1, -0.05) is 12.1 Å². The maximum Gasteiger partial charge on any atom is 0.130 e. The second-order valence-electron chi connectivity index (χ2n) is 4.15. The van der Waals surface area contributed by atoms with Crippen LogP contribution in [-0.2, 0) is 0 Å². The van der Waals surface area contributed by atoms with Crippen molar-refractivity contribution in [1.82, 2.24) is 9.97 Å². The van der Waals surface area contributed by atoms with Crippen LogP contribution in [0.25, 0.3) is 0 Å². The zero-order valence-electron chi connectivity index (χ0n) is 10.4. The Balaban J connectivity index is 2.17. The highest BCUT2D eigenvalue weighted by molar-refractivity contribution is 5.40. The molecule has 0 spiro atoms. The molecule has 0 saturated carbocycles. The highest BCUT2D eigenvalue weighted by Gasteiger charge is 2.06. The van der Waals surface area contributed by atoms with Crippen molar-refractivity contribution in [2.45, 2.75) is 19.9 Å². The van der Waals surface area contributed by atoms with Crippen molar-refractivity contribution < 1.29 is 0 Å². The Bertz CT molecular complexity index is 586.